The quantitative estimate of drug-likeness (QED) is 0.689. The van der Waals surface area contributed by atoms with E-state index in [1.54, 1.807) is 13.3 Å². The van der Waals surface area contributed by atoms with Gasteiger partial charge in [-0.3, -0.25) is 4.98 Å². The van der Waals surface area contributed by atoms with Gasteiger partial charge in [0.2, 0.25) is 0 Å². The second kappa shape index (κ2) is 6.64. The van der Waals surface area contributed by atoms with Crippen molar-refractivity contribution in [1.29, 1.82) is 0 Å². The largest absolute Gasteiger partial charge is 0.497 e. The van der Waals surface area contributed by atoms with Crippen molar-refractivity contribution >= 4 is 10.9 Å². The molecule has 0 amide bonds. The third kappa shape index (κ3) is 3.18. The molecule has 0 N–H and O–H groups in total. The maximum atomic E-state index is 5.73. The monoisotopic (exact) mass is 289 g/mol. The lowest BCUT2D eigenvalue weighted by Gasteiger charge is -2.05. The van der Waals surface area contributed by atoms with Gasteiger partial charge in [-0.15, -0.1) is 0 Å². The van der Waals surface area contributed by atoms with E-state index in [4.69, 9.17) is 9.47 Å². The van der Waals surface area contributed by atoms with Gasteiger partial charge in [-0.25, -0.2) is 0 Å². The molecule has 0 radical (unpaired) electrons. The molecule has 0 unspecified atom stereocenters. The van der Waals surface area contributed by atoms with E-state index in [1.165, 1.54) is 0 Å². The van der Waals surface area contributed by atoms with Gasteiger partial charge in [-0.05, 0) is 30.3 Å². The molecule has 0 spiro atoms. The Kier molecular flexibility index (Phi) is 4.22. The first-order valence-corrected chi connectivity index (χ1v) is 6.96. The fourth-order valence-corrected chi connectivity index (χ4v) is 2.15. The number of methoxy groups -OCH3 is 1. The van der Waals surface area contributed by atoms with Gasteiger partial charge in [0.25, 0.3) is 0 Å². The van der Waals surface area contributed by atoms with E-state index >= 15 is 0 Å². The molecule has 22 heavy (non-hydrogen) atoms. The van der Waals surface area contributed by atoms with Crippen LogP contribution >= 0.6 is 0 Å². The predicted octanol–water partition coefficient (Wildman–Crippen LogP) is 3.67. The van der Waals surface area contributed by atoms with Crippen molar-refractivity contribution in [3.63, 3.8) is 0 Å². The van der Waals surface area contributed by atoms with Gasteiger partial charge in [0.1, 0.15) is 23.6 Å². The van der Waals surface area contributed by atoms with Crippen molar-refractivity contribution in [1.82, 2.24) is 4.98 Å². The highest BCUT2D eigenvalue weighted by Gasteiger charge is 2.01. The maximum Gasteiger partial charge on any atom is 0.149 e. The van der Waals surface area contributed by atoms with E-state index < -0.39 is 0 Å². The molecule has 2 aromatic carbocycles. The number of hydrogen-bond donors (Lipinski definition) is 0. The Balaban J connectivity index is 1.71. The summed E-state index contributed by atoms with van der Waals surface area (Å²) in [5.74, 6) is 7.62. The Labute approximate surface area is 129 Å². The highest BCUT2D eigenvalue weighted by atomic mass is 16.5. The zero-order valence-electron chi connectivity index (χ0n) is 12.2. The number of benzene rings is 2. The molecule has 1 heterocycles. The highest BCUT2D eigenvalue weighted by molar-refractivity contribution is 5.84. The number of rotatable bonds is 3. The molecule has 3 rings (SSSR count). The summed E-state index contributed by atoms with van der Waals surface area (Å²) in [5.41, 5.74) is 1.76. The number of para-hydroxylation sites is 1. The van der Waals surface area contributed by atoms with Gasteiger partial charge < -0.3 is 9.47 Å². The smallest absolute Gasteiger partial charge is 0.149 e. The molecule has 3 aromatic rings. The van der Waals surface area contributed by atoms with Crippen LogP contribution in [0.4, 0.5) is 0 Å². The van der Waals surface area contributed by atoms with Crippen LogP contribution in [0.15, 0.2) is 60.8 Å². The molecule has 3 nitrogen and oxygen atoms in total. The normalized spacial score (nSPS) is 9.86. The van der Waals surface area contributed by atoms with Gasteiger partial charge in [0, 0.05) is 17.1 Å². The molecular formula is C19H15NO2. The van der Waals surface area contributed by atoms with E-state index in [1.807, 2.05) is 54.6 Å². The van der Waals surface area contributed by atoms with Crippen LogP contribution in [0, 0.1) is 11.8 Å². The van der Waals surface area contributed by atoms with E-state index in [0.29, 0.717) is 6.61 Å². The maximum absolute atomic E-state index is 5.73. The second-order valence-corrected chi connectivity index (χ2v) is 4.65. The average Bonchev–Trinajstić information content (AvgIpc) is 2.59. The minimum atomic E-state index is 0.312. The minimum Gasteiger partial charge on any atom is -0.497 e. The molecule has 0 bridgehead atoms. The lowest BCUT2D eigenvalue weighted by atomic mass is 10.2. The summed E-state index contributed by atoms with van der Waals surface area (Å²) in [6.07, 6.45) is 1.76. The van der Waals surface area contributed by atoms with E-state index in [-0.39, 0.29) is 0 Å². The molecule has 1 aromatic heterocycles. The van der Waals surface area contributed by atoms with Crippen LogP contribution in [0.5, 0.6) is 11.5 Å². The molecule has 0 aliphatic carbocycles. The topological polar surface area (TPSA) is 31.4 Å². The molecular weight excluding hydrogens is 274 g/mol. The first kappa shape index (κ1) is 14.0. The summed E-state index contributed by atoms with van der Waals surface area (Å²) in [6.45, 7) is 0.312. The van der Waals surface area contributed by atoms with Crippen LogP contribution in [0.2, 0.25) is 0 Å². The first-order valence-electron chi connectivity index (χ1n) is 6.96. The Morgan fingerprint density at radius 1 is 1.05 bits per heavy atom. The van der Waals surface area contributed by atoms with E-state index in [2.05, 4.69) is 16.8 Å². The van der Waals surface area contributed by atoms with Crippen LogP contribution in [-0.4, -0.2) is 18.7 Å². The number of aromatic nitrogens is 1. The van der Waals surface area contributed by atoms with Crippen molar-refractivity contribution in [2.45, 2.75) is 0 Å². The molecule has 0 aliphatic rings. The molecule has 0 fully saturated rings. The van der Waals surface area contributed by atoms with Crippen molar-refractivity contribution in [2.24, 2.45) is 0 Å². The summed E-state index contributed by atoms with van der Waals surface area (Å²) in [4.78, 5) is 4.35. The van der Waals surface area contributed by atoms with Gasteiger partial charge in [-0.1, -0.05) is 36.1 Å². The van der Waals surface area contributed by atoms with Gasteiger partial charge >= 0.3 is 0 Å². The fourth-order valence-electron chi connectivity index (χ4n) is 2.15. The average molecular weight is 289 g/mol. The second-order valence-electron chi connectivity index (χ2n) is 4.65. The summed E-state index contributed by atoms with van der Waals surface area (Å²) >= 11 is 0. The molecule has 3 heteroatoms. The van der Waals surface area contributed by atoms with Crippen molar-refractivity contribution < 1.29 is 9.47 Å². The van der Waals surface area contributed by atoms with Crippen LogP contribution < -0.4 is 9.47 Å². The molecule has 108 valence electrons. The van der Waals surface area contributed by atoms with Gasteiger partial charge in [-0.2, -0.15) is 0 Å². The number of ether oxygens (including phenoxy) is 2. The van der Waals surface area contributed by atoms with E-state index in [0.717, 1.165) is 28.0 Å². The summed E-state index contributed by atoms with van der Waals surface area (Å²) < 4.78 is 10.9. The predicted molar refractivity (Wildman–Crippen MR) is 87.1 cm³/mol. The zero-order chi connectivity index (χ0) is 15.2. The molecule has 0 aliphatic heterocycles. The highest BCUT2D eigenvalue weighted by Crippen LogP contribution is 2.22. The van der Waals surface area contributed by atoms with Gasteiger partial charge in [0.15, 0.2) is 0 Å². The molecule has 0 saturated carbocycles. The SMILES string of the molecule is COc1cccc(C#CCOc2cccc3cccnc23)c1. The minimum absolute atomic E-state index is 0.312. The lowest BCUT2D eigenvalue weighted by molar-refractivity contribution is 0.374. The number of fused-ring (bicyclic) bond motifs is 1. The van der Waals surface area contributed by atoms with Crippen LogP contribution in [0.25, 0.3) is 10.9 Å². The van der Waals surface area contributed by atoms with Gasteiger partial charge in [0.05, 0.1) is 7.11 Å². The summed E-state index contributed by atoms with van der Waals surface area (Å²) in [7, 11) is 1.64. The van der Waals surface area contributed by atoms with Crippen LogP contribution in [-0.2, 0) is 0 Å². The standard InChI is InChI=1S/C19H15NO2/c1-21-17-10-2-6-15(14-17)7-5-13-22-18-11-3-8-16-9-4-12-20-19(16)18/h2-4,6,8-12,14H,13H2,1H3. The number of pyridine rings is 1. The van der Waals surface area contributed by atoms with Crippen LogP contribution in [0.1, 0.15) is 5.56 Å². The third-order valence-electron chi connectivity index (χ3n) is 3.20. The zero-order valence-corrected chi connectivity index (χ0v) is 12.2. The molecule has 0 atom stereocenters. The molecule has 0 saturated heterocycles. The number of hydrogen-bond acceptors (Lipinski definition) is 3. The third-order valence-corrected chi connectivity index (χ3v) is 3.20. The van der Waals surface area contributed by atoms with Crippen LogP contribution in [0.3, 0.4) is 0 Å². The fraction of sp³-hybridized carbons (Fsp3) is 0.105. The lowest BCUT2D eigenvalue weighted by Crippen LogP contribution is -1.95. The van der Waals surface area contributed by atoms with Crippen molar-refractivity contribution in [3.05, 3.63) is 66.4 Å². The Bertz CT molecular complexity index is 841. The van der Waals surface area contributed by atoms with Crippen molar-refractivity contribution in [3.8, 4) is 23.3 Å². The Morgan fingerprint density at radius 2 is 1.91 bits per heavy atom. The number of nitrogens with zero attached hydrogens (tertiary/aromatic N) is 1. The summed E-state index contributed by atoms with van der Waals surface area (Å²) in [6, 6.07) is 17.4. The van der Waals surface area contributed by atoms with E-state index in [9.17, 15) is 0 Å². The Hall–Kier alpha value is -2.99. The first-order chi connectivity index (χ1) is 10.9. The summed E-state index contributed by atoms with van der Waals surface area (Å²) in [5, 5.41) is 1.06. The Morgan fingerprint density at radius 3 is 2.82 bits per heavy atom. The van der Waals surface area contributed by atoms with Crippen molar-refractivity contribution in [2.75, 3.05) is 13.7 Å².